The van der Waals surface area contributed by atoms with Crippen LogP contribution >= 0.6 is 0 Å². The van der Waals surface area contributed by atoms with Gasteiger partial charge in [-0.1, -0.05) is 42.5 Å². The van der Waals surface area contributed by atoms with Gasteiger partial charge in [0.15, 0.2) is 11.5 Å². The predicted octanol–water partition coefficient (Wildman–Crippen LogP) is 7.71. The Morgan fingerprint density at radius 3 is 2.14 bits per heavy atom. The number of aromatic nitrogens is 1. The molecule has 0 saturated heterocycles. The average Bonchev–Trinajstić information content (AvgIpc) is 2.98. The van der Waals surface area contributed by atoms with Gasteiger partial charge in [-0.05, 0) is 60.7 Å². The highest BCUT2D eigenvalue weighted by Crippen LogP contribution is 2.42. The average molecular weight is 593 g/mol. The smallest absolute Gasteiger partial charge is 0.430 e. The van der Waals surface area contributed by atoms with Gasteiger partial charge in [0.05, 0.1) is 11.1 Å². The van der Waals surface area contributed by atoms with Crippen LogP contribution in [-0.2, 0) is 6.11 Å². The highest BCUT2D eigenvalue weighted by molar-refractivity contribution is 6.08. The molecule has 43 heavy (non-hydrogen) atoms. The fourth-order valence-electron chi connectivity index (χ4n) is 4.06. The van der Waals surface area contributed by atoms with Gasteiger partial charge in [-0.25, -0.2) is 9.78 Å². The molecule has 0 unspecified atom stereocenters. The molecule has 0 aliphatic carbocycles. The molecular formula is C31H20F4N2O6. The first-order valence-corrected chi connectivity index (χ1v) is 12.5. The van der Waals surface area contributed by atoms with E-state index in [1.54, 1.807) is 24.3 Å². The molecule has 1 aromatic heterocycles. The number of carboxylic acids is 1. The lowest BCUT2D eigenvalue weighted by Gasteiger charge is -2.22. The molecule has 0 atom stereocenters. The number of hydrogen-bond acceptors (Lipinski definition) is 6. The Morgan fingerprint density at radius 1 is 0.814 bits per heavy atom. The molecule has 218 valence electrons. The van der Waals surface area contributed by atoms with Gasteiger partial charge in [0, 0.05) is 11.1 Å². The molecule has 0 fully saturated rings. The van der Waals surface area contributed by atoms with Crippen molar-refractivity contribution >= 4 is 28.5 Å². The standard InChI is InChI=1S/C31H20F4N2O6/c32-30(33)42-24-10-4-2-8-22(24)31(34,35)43-26-12-6-5-11-25(26)41-28-21(17-19-7-1-3-9-23(19)37-28)27(38)36-20-15-13-18(14-16-20)29(39)40/h1-17,30H,(H,36,38)(H,39,40). The highest BCUT2D eigenvalue weighted by Gasteiger charge is 2.39. The van der Waals surface area contributed by atoms with E-state index in [4.69, 9.17) is 14.6 Å². The summed E-state index contributed by atoms with van der Waals surface area (Å²) in [7, 11) is 0. The van der Waals surface area contributed by atoms with E-state index in [-0.39, 0.29) is 28.4 Å². The Balaban J connectivity index is 1.48. The molecule has 1 amide bonds. The molecule has 8 nitrogen and oxygen atoms in total. The quantitative estimate of drug-likeness (QED) is 0.160. The third-order valence-corrected chi connectivity index (χ3v) is 6.03. The topological polar surface area (TPSA) is 107 Å². The molecule has 0 radical (unpaired) electrons. The Hall–Kier alpha value is -5.65. The molecule has 2 N–H and O–H groups in total. The number of benzene rings is 4. The van der Waals surface area contributed by atoms with E-state index >= 15 is 8.78 Å². The zero-order valence-electron chi connectivity index (χ0n) is 21.8. The Labute approximate surface area is 241 Å². The minimum absolute atomic E-state index is 0.0196. The maximum absolute atomic E-state index is 15.3. The van der Waals surface area contributed by atoms with Crippen molar-refractivity contribution in [2.75, 3.05) is 5.32 Å². The third kappa shape index (κ3) is 6.64. The van der Waals surface area contributed by atoms with Crippen molar-refractivity contribution in [3.8, 4) is 23.1 Å². The number of pyridine rings is 1. The Bertz CT molecular complexity index is 1800. The summed E-state index contributed by atoms with van der Waals surface area (Å²) in [6.07, 6.45) is -4.13. The summed E-state index contributed by atoms with van der Waals surface area (Å²) in [4.78, 5) is 28.9. The number of halogens is 4. The molecule has 1 heterocycles. The van der Waals surface area contributed by atoms with Crippen molar-refractivity contribution in [3.63, 3.8) is 0 Å². The number of nitrogens with one attached hydrogen (secondary N) is 1. The van der Waals surface area contributed by atoms with Crippen molar-refractivity contribution in [1.29, 1.82) is 0 Å². The summed E-state index contributed by atoms with van der Waals surface area (Å²) in [6, 6.07) is 23.4. The van der Waals surface area contributed by atoms with Crippen molar-refractivity contribution in [2.24, 2.45) is 0 Å². The summed E-state index contributed by atoms with van der Waals surface area (Å²) in [5, 5.41) is 12.3. The first-order valence-electron chi connectivity index (χ1n) is 12.5. The van der Waals surface area contributed by atoms with Crippen LogP contribution < -0.4 is 19.5 Å². The third-order valence-electron chi connectivity index (χ3n) is 6.03. The second kappa shape index (κ2) is 12.1. The van der Waals surface area contributed by atoms with E-state index in [1.165, 1.54) is 66.7 Å². The summed E-state index contributed by atoms with van der Waals surface area (Å²) >= 11 is 0. The maximum Gasteiger partial charge on any atom is 0.430 e. The van der Waals surface area contributed by atoms with Gasteiger partial charge >= 0.3 is 18.7 Å². The number of carbonyl (C=O) groups is 2. The first kappa shape index (κ1) is 28.9. The summed E-state index contributed by atoms with van der Waals surface area (Å²) < 4.78 is 71.3. The summed E-state index contributed by atoms with van der Waals surface area (Å²) in [6.45, 7) is -3.34. The maximum atomic E-state index is 15.3. The van der Waals surface area contributed by atoms with Crippen LogP contribution in [-0.4, -0.2) is 28.6 Å². The van der Waals surface area contributed by atoms with Crippen molar-refractivity contribution in [3.05, 3.63) is 120 Å². The molecule has 4 aromatic carbocycles. The molecular weight excluding hydrogens is 572 g/mol. The highest BCUT2D eigenvalue weighted by atomic mass is 19.3. The van der Waals surface area contributed by atoms with Crippen LogP contribution in [0, 0.1) is 0 Å². The number of nitrogens with zero attached hydrogens (tertiary/aromatic N) is 1. The second-order valence-corrected chi connectivity index (χ2v) is 8.91. The number of aromatic carboxylic acids is 1. The Morgan fingerprint density at radius 2 is 1.44 bits per heavy atom. The van der Waals surface area contributed by atoms with Crippen molar-refractivity contribution in [1.82, 2.24) is 4.98 Å². The first-order chi connectivity index (χ1) is 20.6. The molecule has 5 rings (SSSR count). The van der Waals surface area contributed by atoms with Crippen LogP contribution in [0.2, 0.25) is 0 Å². The summed E-state index contributed by atoms with van der Waals surface area (Å²) in [5.41, 5.74) is -0.281. The lowest BCUT2D eigenvalue weighted by molar-refractivity contribution is -0.188. The normalized spacial score (nSPS) is 11.3. The van der Waals surface area contributed by atoms with E-state index in [0.29, 0.717) is 10.9 Å². The number of fused-ring (bicyclic) bond motifs is 1. The van der Waals surface area contributed by atoms with Crippen LogP contribution in [0.5, 0.6) is 23.1 Å². The second-order valence-electron chi connectivity index (χ2n) is 8.91. The molecule has 12 heteroatoms. The van der Waals surface area contributed by atoms with E-state index in [0.717, 1.165) is 12.1 Å². The number of amides is 1. The molecule has 0 bridgehead atoms. The lowest BCUT2D eigenvalue weighted by Crippen LogP contribution is -2.23. The van der Waals surface area contributed by atoms with Gasteiger partial charge in [-0.3, -0.25) is 4.79 Å². The number of anilines is 1. The fraction of sp³-hybridized carbons (Fsp3) is 0.0645. The number of para-hydroxylation sites is 4. The van der Waals surface area contributed by atoms with Crippen LogP contribution in [0.1, 0.15) is 26.3 Å². The van der Waals surface area contributed by atoms with E-state index in [1.807, 2.05) is 0 Å². The predicted molar refractivity (Wildman–Crippen MR) is 147 cm³/mol. The van der Waals surface area contributed by atoms with Crippen LogP contribution in [0.15, 0.2) is 103 Å². The van der Waals surface area contributed by atoms with E-state index in [2.05, 4.69) is 15.0 Å². The minimum atomic E-state index is -4.13. The lowest BCUT2D eigenvalue weighted by atomic mass is 10.1. The number of carbonyl (C=O) groups excluding carboxylic acids is 1. The van der Waals surface area contributed by atoms with Gasteiger partial charge in [-0.15, -0.1) is 0 Å². The molecule has 5 aromatic rings. The van der Waals surface area contributed by atoms with Gasteiger partial charge in [0.1, 0.15) is 16.9 Å². The van der Waals surface area contributed by atoms with E-state index < -0.39 is 41.7 Å². The fourth-order valence-corrected chi connectivity index (χ4v) is 4.06. The molecule has 0 spiro atoms. The number of rotatable bonds is 10. The van der Waals surface area contributed by atoms with Crippen molar-refractivity contribution in [2.45, 2.75) is 12.7 Å². The van der Waals surface area contributed by atoms with E-state index in [9.17, 15) is 18.4 Å². The van der Waals surface area contributed by atoms with Crippen LogP contribution in [0.25, 0.3) is 10.9 Å². The van der Waals surface area contributed by atoms with Gasteiger partial charge in [0.25, 0.3) is 5.91 Å². The number of hydrogen-bond donors (Lipinski definition) is 2. The molecule has 0 aliphatic heterocycles. The van der Waals surface area contributed by atoms with Gasteiger partial charge < -0.3 is 24.6 Å². The minimum Gasteiger partial charge on any atom is -0.478 e. The van der Waals surface area contributed by atoms with Crippen molar-refractivity contribution < 1.29 is 46.5 Å². The SMILES string of the molecule is O=C(O)c1ccc(NC(=O)c2cc3ccccc3nc2Oc2ccccc2OC(F)(F)c2ccccc2OC(F)F)cc1. The van der Waals surface area contributed by atoms with Crippen LogP contribution in [0.4, 0.5) is 23.2 Å². The number of alkyl halides is 4. The Kier molecular flexibility index (Phi) is 8.10. The summed E-state index contributed by atoms with van der Waals surface area (Å²) in [5.74, 6) is -3.57. The monoisotopic (exact) mass is 592 g/mol. The number of carboxylic acid groups (broad SMARTS) is 1. The number of ether oxygens (including phenoxy) is 3. The van der Waals surface area contributed by atoms with Crippen LogP contribution in [0.3, 0.4) is 0 Å². The zero-order valence-corrected chi connectivity index (χ0v) is 21.8. The largest absolute Gasteiger partial charge is 0.478 e. The van der Waals surface area contributed by atoms with Gasteiger partial charge in [-0.2, -0.15) is 17.6 Å². The molecule has 0 saturated carbocycles. The molecule has 0 aliphatic rings. The van der Waals surface area contributed by atoms with Gasteiger partial charge in [0.2, 0.25) is 5.88 Å². The zero-order chi connectivity index (χ0) is 30.6.